The van der Waals surface area contributed by atoms with Gasteiger partial charge in [-0.05, 0) is 13.0 Å². The zero-order valence-corrected chi connectivity index (χ0v) is 9.30. The van der Waals surface area contributed by atoms with Crippen molar-refractivity contribution >= 4 is 10.1 Å². The van der Waals surface area contributed by atoms with Gasteiger partial charge in [0.25, 0.3) is 0 Å². The molecular formula is C4H11N2NaO3S. The van der Waals surface area contributed by atoms with Crippen molar-refractivity contribution in [2.24, 2.45) is 11.5 Å². The SMILES string of the molecule is NCCC(N)CS(=O)(=O)[O-].[Na+]. The molecule has 0 spiro atoms. The van der Waals surface area contributed by atoms with Gasteiger partial charge < -0.3 is 16.0 Å². The van der Waals surface area contributed by atoms with Gasteiger partial charge in [-0.15, -0.1) is 0 Å². The minimum atomic E-state index is -4.18. The van der Waals surface area contributed by atoms with Gasteiger partial charge in [0.15, 0.2) is 0 Å². The van der Waals surface area contributed by atoms with Gasteiger partial charge in [-0.25, -0.2) is 8.42 Å². The van der Waals surface area contributed by atoms with Crippen molar-refractivity contribution in [3.63, 3.8) is 0 Å². The topological polar surface area (TPSA) is 109 Å². The zero-order valence-electron chi connectivity index (χ0n) is 6.49. The molecule has 0 aliphatic heterocycles. The molecular weight excluding hydrogens is 179 g/mol. The first-order valence-electron chi connectivity index (χ1n) is 2.85. The van der Waals surface area contributed by atoms with Crippen molar-refractivity contribution in [1.82, 2.24) is 0 Å². The summed E-state index contributed by atoms with van der Waals surface area (Å²) in [6.07, 6.45) is 0.363. The molecule has 0 aliphatic carbocycles. The van der Waals surface area contributed by atoms with Crippen molar-refractivity contribution in [2.45, 2.75) is 12.5 Å². The van der Waals surface area contributed by atoms with Crippen molar-refractivity contribution in [3.8, 4) is 0 Å². The van der Waals surface area contributed by atoms with Gasteiger partial charge in [0.2, 0.25) is 0 Å². The van der Waals surface area contributed by atoms with Gasteiger partial charge >= 0.3 is 29.6 Å². The molecule has 62 valence electrons. The Labute approximate surface area is 88.6 Å². The smallest absolute Gasteiger partial charge is 0.748 e. The van der Waals surface area contributed by atoms with E-state index in [9.17, 15) is 13.0 Å². The molecule has 0 aromatic rings. The maximum absolute atomic E-state index is 10.0. The second kappa shape index (κ2) is 6.36. The monoisotopic (exact) mass is 190 g/mol. The van der Waals surface area contributed by atoms with Crippen LogP contribution in [0.3, 0.4) is 0 Å². The standard InChI is InChI=1S/C4H12N2O3S.Na/c5-2-1-4(6)3-10(7,8)9;/h4H,1-3,5-6H2,(H,7,8,9);/q;+1/p-1. The van der Waals surface area contributed by atoms with Crippen LogP contribution in [0.2, 0.25) is 0 Å². The van der Waals surface area contributed by atoms with Crippen LogP contribution >= 0.6 is 0 Å². The molecule has 0 aliphatic rings. The molecule has 0 saturated heterocycles. The molecule has 0 saturated carbocycles. The zero-order chi connectivity index (χ0) is 8.20. The minimum Gasteiger partial charge on any atom is -0.748 e. The first-order chi connectivity index (χ1) is 4.45. The molecule has 0 radical (unpaired) electrons. The molecule has 0 rings (SSSR count). The molecule has 11 heavy (non-hydrogen) atoms. The van der Waals surface area contributed by atoms with Crippen LogP contribution in [-0.4, -0.2) is 31.3 Å². The maximum atomic E-state index is 10.0. The Bertz CT molecular complexity index is 182. The third-order valence-electron chi connectivity index (χ3n) is 0.956. The van der Waals surface area contributed by atoms with E-state index in [0.717, 1.165) is 0 Å². The first-order valence-corrected chi connectivity index (χ1v) is 4.42. The van der Waals surface area contributed by atoms with Gasteiger partial charge in [-0.1, -0.05) is 0 Å². The third-order valence-corrected chi connectivity index (χ3v) is 1.79. The molecule has 5 nitrogen and oxygen atoms in total. The summed E-state index contributed by atoms with van der Waals surface area (Å²) in [7, 11) is -4.18. The van der Waals surface area contributed by atoms with E-state index in [1.54, 1.807) is 0 Å². The molecule has 0 aromatic carbocycles. The second-order valence-corrected chi connectivity index (χ2v) is 3.51. The molecule has 0 aromatic heterocycles. The van der Waals surface area contributed by atoms with Crippen LogP contribution < -0.4 is 41.0 Å². The van der Waals surface area contributed by atoms with Crippen LogP contribution in [0, 0.1) is 0 Å². The Balaban J connectivity index is 0. The summed E-state index contributed by atoms with van der Waals surface area (Å²) in [6, 6.07) is -0.618. The maximum Gasteiger partial charge on any atom is 1.00 e. The fourth-order valence-corrected chi connectivity index (χ4v) is 1.25. The van der Waals surface area contributed by atoms with E-state index in [4.69, 9.17) is 11.5 Å². The summed E-state index contributed by atoms with van der Waals surface area (Å²) in [4.78, 5) is 0. The van der Waals surface area contributed by atoms with Gasteiger partial charge in [0.05, 0.1) is 15.9 Å². The van der Waals surface area contributed by atoms with Gasteiger partial charge in [0.1, 0.15) is 0 Å². The minimum absolute atomic E-state index is 0. The van der Waals surface area contributed by atoms with E-state index in [-0.39, 0.29) is 29.6 Å². The Morgan fingerprint density at radius 1 is 1.45 bits per heavy atom. The van der Waals surface area contributed by atoms with E-state index >= 15 is 0 Å². The largest absolute Gasteiger partial charge is 1.00 e. The molecule has 0 heterocycles. The van der Waals surface area contributed by atoms with Gasteiger partial charge in [-0.3, -0.25) is 0 Å². The summed E-state index contributed by atoms with van der Waals surface area (Å²) in [6.45, 7) is 0.302. The van der Waals surface area contributed by atoms with Crippen molar-refractivity contribution < 1.29 is 42.5 Å². The van der Waals surface area contributed by atoms with Gasteiger partial charge in [-0.2, -0.15) is 0 Å². The summed E-state index contributed by atoms with van der Waals surface area (Å²) in [5.74, 6) is -0.524. The van der Waals surface area contributed by atoms with E-state index in [1.807, 2.05) is 0 Å². The fourth-order valence-electron chi connectivity index (χ4n) is 0.560. The number of nitrogens with two attached hydrogens (primary N) is 2. The van der Waals surface area contributed by atoms with Crippen molar-refractivity contribution in [3.05, 3.63) is 0 Å². The van der Waals surface area contributed by atoms with Crippen LogP contribution in [0.5, 0.6) is 0 Å². The molecule has 7 heteroatoms. The number of hydrogen-bond donors (Lipinski definition) is 2. The Kier molecular flexibility index (Phi) is 8.30. The first kappa shape index (κ1) is 14.4. The average Bonchev–Trinajstić information content (AvgIpc) is 1.59. The van der Waals surface area contributed by atoms with Crippen LogP contribution in [0.4, 0.5) is 0 Å². The quantitative estimate of drug-likeness (QED) is 0.341. The predicted octanol–water partition coefficient (Wildman–Crippen LogP) is -4.79. The van der Waals surface area contributed by atoms with E-state index < -0.39 is 21.9 Å². The molecule has 0 fully saturated rings. The Hall–Kier alpha value is 0.830. The summed E-state index contributed by atoms with van der Waals surface area (Å²) in [5.41, 5.74) is 10.3. The third kappa shape index (κ3) is 10.8. The number of hydrogen-bond acceptors (Lipinski definition) is 5. The van der Waals surface area contributed by atoms with E-state index in [1.165, 1.54) is 0 Å². The van der Waals surface area contributed by atoms with Crippen LogP contribution in [0.25, 0.3) is 0 Å². The van der Waals surface area contributed by atoms with Crippen molar-refractivity contribution in [1.29, 1.82) is 0 Å². The predicted molar refractivity (Wildman–Crippen MR) is 36.2 cm³/mol. The van der Waals surface area contributed by atoms with E-state index in [0.29, 0.717) is 13.0 Å². The normalized spacial score (nSPS) is 13.7. The second-order valence-electron chi connectivity index (χ2n) is 2.06. The average molecular weight is 190 g/mol. The Morgan fingerprint density at radius 2 is 1.91 bits per heavy atom. The van der Waals surface area contributed by atoms with Gasteiger partial charge in [0, 0.05) is 6.04 Å². The van der Waals surface area contributed by atoms with Crippen LogP contribution in [0.15, 0.2) is 0 Å². The van der Waals surface area contributed by atoms with Crippen LogP contribution in [0.1, 0.15) is 6.42 Å². The fraction of sp³-hybridized carbons (Fsp3) is 1.00. The summed E-state index contributed by atoms with van der Waals surface area (Å²) in [5, 5.41) is 0. The summed E-state index contributed by atoms with van der Waals surface area (Å²) >= 11 is 0. The molecule has 0 bridgehead atoms. The van der Waals surface area contributed by atoms with E-state index in [2.05, 4.69) is 0 Å². The number of rotatable bonds is 4. The molecule has 1 atom stereocenters. The van der Waals surface area contributed by atoms with Crippen LogP contribution in [-0.2, 0) is 10.1 Å². The molecule has 4 N–H and O–H groups in total. The molecule has 1 unspecified atom stereocenters. The summed E-state index contributed by atoms with van der Waals surface area (Å²) < 4.78 is 30.1. The molecule has 0 amide bonds. The Morgan fingerprint density at radius 3 is 2.18 bits per heavy atom. The van der Waals surface area contributed by atoms with Crippen molar-refractivity contribution in [2.75, 3.05) is 12.3 Å².